The van der Waals surface area contributed by atoms with Gasteiger partial charge in [-0.3, -0.25) is 0 Å². The highest BCUT2D eigenvalue weighted by Crippen LogP contribution is 2.38. The highest BCUT2D eigenvalue weighted by molar-refractivity contribution is 6.33. The Kier molecular flexibility index (Phi) is 3.67. The number of carboxylic acids is 1. The van der Waals surface area contributed by atoms with E-state index >= 15 is 0 Å². The van der Waals surface area contributed by atoms with Gasteiger partial charge in [0, 0.05) is 30.9 Å². The van der Waals surface area contributed by atoms with Crippen LogP contribution >= 0.6 is 11.6 Å². The Hall–Kier alpha value is -2.29. The summed E-state index contributed by atoms with van der Waals surface area (Å²) in [6.45, 7) is -0.387. The number of hydrogen-bond donors (Lipinski definition) is 1. The molecule has 3 rings (SSSR count). The van der Waals surface area contributed by atoms with Gasteiger partial charge in [-0.05, 0) is 6.07 Å². The van der Waals surface area contributed by atoms with Gasteiger partial charge in [0.15, 0.2) is 11.5 Å². The van der Waals surface area contributed by atoms with Crippen LogP contribution in [0.25, 0.3) is 11.3 Å². The maximum absolute atomic E-state index is 12.5. The molecule has 3 heterocycles. The summed E-state index contributed by atoms with van der Waals surface area (Å²) in [5.41, 5.74) is 0.114. The maximum atomic E-state index is 12.5. The molecule has 0 bridgehead atoms. The number of hydrogen-bond acceptors (Lipinski definition) is 5. The lowest BCUT2D eigenvalue weighted by Crippen LogP contribution is -2.53. The molecular formula is C13H9ClF3N3O3. The summed E-state index contributed by atoms with van der Waals surface area (Å²) >= 11 is 6.05. The van der Waals surface area contributed by atoms with Crippen molar-refractivity contribution in [2.24, 2.45) is 5.92 Å². The first-order valence-corrected chi connectivity index (χ1v) is 6.81. The molecule has 2 aromatic heterocycles. The van der Waals surface area contributed by atoms with Crippen molar-refractivity contribution in [1.29, 1.82) is 0 Å². The van der Waals surface area contributed by atoms with Crippen LogP contribution in [0.5, 0.6) is 0 Å². The summed E-state index contributed by atoms with van der Waals surface area (Å²) in [6, 6.07) is 2.65. The molecule has 0 unspecified atom stereocenters. The molecule has 1 saturated heterocycles. The zero-order valence-corrected chi connectivity index (χ0v) is 12.1. The van der Waals surface area contributed by atoms with Crippen molar-refractivity contribution in [3.8, 4) is 11.3 Å². The molecule has 1 N–H and O–H groups in total. The topological polar surface area (TPSA) is 79.5 Å². The van der Waals surface area contributed by atoms with Gasteiger partial charge in [0.25, 0.3) is 0 Å². The second kappa shape index (κ2) is 5.41. The summed E-state index contributed by atoms with van der Waals surface area (Å²) in [5.74, 6) is -2.23. The van der Waals surface area contributed by atoms with E-state index in [1.807, 2.05) is 0 Å². The van der Waals surface area contributed by atoms with Gasteiger partial charge in [-0.15, -0.1) is 0 Å². The number of pyridine rings is 1. The molecule has 0 amide bonds. The van der Waals surface area contributed by atoms with Crippen LogP contribution in [0.2, 0.25) is 5.02 Å². The minimum Gasteiger partial charge on any atom is -0.476 e. The van der Waals surface area contributed by atoms with E-state index in [2.05, 4.69) is 10.1 Å². The fourth-order valence-electron chi connectivity index (χ4n) is 2.17. The van der Waals surface area contributed by atoms with Crippen LogP contribution in [0, 0.1) is 5.92 Å². The van der Waals surface area contributed by atoms with E-state index in [1.54, 1.807) is 0 Å². The zero-order chi connectivity index (χ0) is 16.8. The fourth-order valence-corrected chi connectivity index (χ4v) is 2.45. The number of aromatic nitrogens is 2. The molecule has 23 heavy (non-hydrogen) atoms. The predicted octanol–water partition coefficient (Wildman–Crippen LogP) is 3.09. The molecule has 1 fully saturated rings. The Bertz CT molecular complexity index is 756. The number of rotatable bonds is 3. The van der Waals surface area contributed by atoms with Crippen molar-refractivity contribution in [3.63, 3.8) is 0 Å². The smallest absolute Gasteiger partial charge is 0.395 e. The van der Waals surface area contributed by atoms with E-state index in [9.17, 15) is 18.0 Å². The zero-order valence-electron chi connectivity index (χ0n) is 11.3. The quantitative estimate of drug-likeness (QED) is 0.919. The Morgan fingerprint density at radius 2 is 2.09 bits per heavy atom. The summed E-state index contributed by atoms with van der Waals surface area (Å²) in [7, 11) is 0. The Morgan fingerprint density at radius 3 is 2.61 bits per heavy atom. The van der Waals surface area contributed by atoms with E-state index in [0.717, 1.165) is 0 Å². The van der Waals surface area contributed by atoms with E-state index in [1.165, 1.54) is 23.2 Å². The molecule has 0 aliphatic carbocycles. The molecule has 6 nitrogen and oxygen atoms in total. The summed E-state index contributed by atoms with van der Waals surface area (Å²) in [5, 5.41) is 12.3. The molecule has 0 saturated carbocycles. The molecule has 1 aliphatic heterocycles. The van der Waals surface area contributed by atoms with Gasteiger partial charge in [-0.1, -0.05) is 16.8 Å². The predicted molar refractivity (Wildman–Crippen MR) is 73.5 cm³/mol. The van der Waals surface area contributed by atoms with Crippen molar-refractivity contribution in [2.75, 3.05) is 18.0 Å². The lowest BCUT2D eigenvalue weighted by atomic mass is 9.99. The average Bonchev–Trinajstić information content (AvgIpc) is 2.87. The van der Waals surface area contributed by atoms with Gasteiger partial charge < -0.3 is 14.5 Å². The normalized spacial score (nSPS) is 15.6. The lowest BCUT2D eigenvalue weighted by molar-refractivity contribution is -0.180. The third-order valence-electron chi connectivity index (χ3n) is 3.48. The van der Waals surface area contributed by atoms with E-state index in [0.29, 0.717) is 5.56 Å². The van der Waals surface area contributed by atoms with Crippen LogP contribution in [0.3, 0.4) is 0 Å². The fraction of sp³-hybridized carbons (Fsp3) is 0.308. The first-order chi connectivity index (χ1) is 10.8. The van der Waals surface area contributed by atoms with Crippen molar-refractivity contribution >= 4 is 23.4 Å². The molecule has 122 valence electrons. The van der Waals surface area contributed by atoms with Crippen LogP contribution in [0.4, 0.5) is 19.0 Å². The highest BCUT2D eigenvalue weighted by Gasteiger charge is 2.47. The number of aromatic carboxylic acids is 1. The van der Waals surface area contributed by atoms with Gasteiger partial charge in [-0.25, -0.2) is 9.78 Å². The Balaban J connectivity index is 1.78. The van der Waals surface area contributed by atoms with Crippen LogP contribution < -0.4 is 4.90 Å². The SMILES string of the molecule is O=C(O)c1cc(-c2cnc(N3CC(C(F)(F)F)C3)c(Cl)c2)on1. The van der Waals surface area contributed by atoms with Crippen molar-refractivity contribution in [1.82, 2.24) is 10.1 Å². The average molecular weight is 348 g/mol. The molecule has 10 heteroatoms. The second-order valence-corrected chi connectivity index (χ2v) is 5.46. The third kappa shape index (κ3) is 2.96. The highest BCUT2D eigenvalue weighted by atomic mass is 35.5. The Labute approximate surface area is 132 Å². The van der Waals surface area contributed by atoms with Crippen LogP contribution in [-0.4, -0.2) is 40.5 Å². The largest absolute Gasteiger partial charge is 0.476 e. The van der Waals surface area contributed by atoms with E-state index in [4.69, 9.17) is 21.2 Å². The Morgan fingerprint density at radius 1 is 1.39 bits per heavy atom. The molecule has 0 radical (unpaired) electrons. The van der Waals surface area contributed by atoms with Gasteiger partial charge in [0.05, 0.1) is 10.9 Å². The van der Waals surface area contributed by atoms with Crippen molar-refractivity contribution in [2.45, 2.75) is 6.18 Å². The summed E-state index contributed by atoms with van der Waals surface area (Å²) < 4.78 is 42.4. The molecule has 0 aromatic carbocycles. The number of alkyl halides is 3. The molecular weight excluding hydrogens is 339 g/mol. The lowest BCUT2D eigenvalue weighted by Gasteiger charge is -2.41. The van der Waals surface area contributed by atoms with E-state index in [-0.39, 0.29) is 35.4 Å². The first kappa shape index (κ1) is 15.6. The van der Waals surface area contributed by atoms with Gasteiger partial charge in [0.1, 0.15) is 5.82 Å². The maximum Gasteiger partial charge on any atom is 0.395 e. The molecule has 0 atom stereocenters. The third-order valence-corrected chi connectivity index (χ3v) is 3.76. The van der Waals surface area contributed by atoms with Crippen LogP contribution in [0.15, 0.2) is 22.9 Å². The number of carboxylic acid groups (broad SMARTS) is 1. The van der Waals surface area contributed by atoms with Crippen molar-refractivity contribution < 1.29 is 27.6 Å². The van der Waals surface area contributed by atoms with E-state index < -0.39 is 18.1 Å². The standard InChI is InChI=1S/C13H9ClF3N3O3/c14-8-1-6(10-2-9(12(21)22)19-23-10)3-18-11(8)20-4-7(5-20)13(15,16)17/h1-3,7H,4-5H2,(H,21,22). The second-order valence-electron chi connectivity index (χ2n) is 5.05. The molecule has 0 spiro atoms. The first-order valence-electron chi connectivity index (χ1n) is 6.43. The summed E-state index contributed by atoms with van der Waals surface area (Å²) in [4.78, 5) is 16.2. The molecule has 1 aliphatic rings. The summed E-state index contributed by atoms with van der Waals surface area (Å²) in [6.07, 6.45) is -2.88. The van der Waals surface area contributed by atoms with Gasteiger partial charge >= 0.3 is 12.1 Å². The van der Waals surface area contributed by atoms with Crippen molar-refractivity contribution in [3.05, 3.63) is 29.0 Å². The number of halogens is 4. The monoisotopic (exact) mass is 347 g/mol. The van der Waals surface area contributed by atoms with Gasteiger partial charge in [-0.2, -0.15) is 13.2 Å². The van der Waals surface area contributed by atoms with Crippen LogP contribution in [0.1, 0.15) is 10.5 Å². The number of anilines is 1. The molecule has 2 aromatic rings. The van der Waals surface area contributed by atoms with Crippen LogP contribution in [-0.2, 0) is 0 Å². The van der Waals surface area contributed by atoms with Gasteiger partial charge in [0.2, 0.25) is 0 Å². The minimum atomic E-state index is -4.23. The number of carbonyl (C=O) groups is 1. The number of nitrogens with zero attached hydrogens (tertiary/aromatic N) is 3. The minimum absolute atomic E-state index is 0.149.